The average Bonchev–Trinajstić information content (AvgIpc) is 3.17. The van der Waals surface area contributed by atoms with Crippen LogP contribution in [0.15, 0.2) is 54.6 Å². The van der Waals surface area contributed by atoms with Crippen molar-refractivity contribution in [1.29, 1.82) is 5.26 Å². The molecule has 2 nitrogen and oxygen atoms in total. The number of nitrogens with zero attached hydrogens (tertiary/aromatic N) is 2. The average molecular weight is 409 g/mol. The summed E-state index contributed by atoms with van der Waals surface area (Å²) < 4.78 is 14.0. The van der Waals surface area contributed by atoms with E-state index in [1.54, 1.807) is 6.07 Å². The third-order valence-corrected chi connectivity index (χ3v) is 6.13. The highest BCUT2D eigenvalue weighted by atomic mass is 19.1. The maximum atomic E-state index is 14.0. The molecule has 1 aliphatic rings. The Kier molecular flexibility index (Phi) is 10.0. The summed E-state index contributed by atoms with van der Waals surface area (Å²) in [4.78, 5) is 2.58. The summed E-state index contributed by atoms with van der Waals surface area (Å²) in [5.41, 5.74) is 3.92. The van der Waals surface area contributed by atoms with E-state index in [1.165, 1.54) is 23.6 Å². The Balaban J connectivity index is 0.00000101. The first-order valence-electron chi connectivity index (χ1n) is 11.3. The molecule has 0 heterocycles. The molecule has 0 spiro atoms. The maximum Gasteiger partial charge on any atom is 0.107 e. The first kappa shape index (κ1) is 24.1. The van der Waals surface area contributed by atoms with Gasteiger partial charge in [0.1, 0.15) is 6.17 Å². The minimum absolute atomic E-state index is 0.125. The van der Waals surface area contributed by atoms with Crippen LogP contribution in [0.3, 0.4) is 0 Å². The lowest BCUT2D eigenvalue weighted by molar-refractivity contribution is 0.147. The zero-order valence-corrected chi connectivity index (χ0v) is 19.0. The fourth-order valence-corrected chi connectivity index (χ4v) is 4.40. The third-order valence-electron chi connectivity index (χ3n) is 6.13. The van der Waals surface area contributed by atoms with Crippen molar-refractivity contribution in [2.24, 2.45) is 0 Å². The van der Waals surface area contributed by atoms with Crippen LogP contribution in [-0.2, 0) is 13.0 Å². The van der Waals surface area contributed by atoms with Crippen LogP contribution in [0.5, 0.6) is 0 Å². The number of benzene rings is 2. The molecular formula is C27H37FN2. The van der Waals surface area contributed by atoms with E-state index < -0.39 is 6.17 Å². The highest BCUT2D eigenvalue weighted by molar-refractivity contribution is 5.27. The molecule has 3 atom stereocenters. The monoisotopic (exact) mass is 408 g/mol. The van der Waals surface area contributed by atoms with E-state index in [2.05, 4.69) is 80.3 Å². The number of rotatable bonds is 8. The smallest absolute Gasteiger partial charge is 0.107 e. The van der Waals surface area contributed by atoms with Gasteiger partial charge in [-0.1, -0.05) is 54.6 Å². The largest absolute Gasteiger partial charge is 0.294 e. The van der Waals surface area contributed by atoms with Gasteiger partial charge in [0.05, 0.1) is 6.07 Å². The molecule has 1 fully saturated rings. The topological polar surface area (TPSA) is 27.0 Å². The normalized spacial score (nSPS) is 19.3. The van der Waals surface area contributed by atoms with Gasteiger partial charge in [-0.05, 0) is 69.6 Å². The fourth-order valence-electron chi connectivity index (χ4n) is 4.40. The van der Waals surface area contributed by atoms with Gasteiger partial charge in [-0.25, -0.2) is 4.39 Å². The molecule has 162 valence electrons. The minimum Gasteiger partial charge on any atom is -0.294 e. The van der Waals surface area contributed by atoms with E-state index in [-0.39, 0.29) is 5.92 Å². The van der Waals surface area contributed by atoms with Gasteiger partial charge in [-0.15, -0.1) is 0 Å². The number of aryl methyl sites for hydroxylation is 1. The maximum absolute atomic E-state index is 14.0. The van der Waals surface area contributed by atoms with E-state index in [0.717, 1.165) is 38.6 Å². The molecule has 30 heavy (non-hydrogen) atoms. The Morgan fingerprint density at radius 1 is 1.00 bits per heavy atom. The molecule has 3 unspecified atom stereocenters. The van der Waals surface area contributed by atoms with Gasteiger partial charge in [-0.2, -0.15) is 5.26 Å². The van der Waals surface area contributed by atoms with Crippen LogP contribution in [0, 0.1) is 11.3 Å². The summed E-state index contributed by atoms with van der Waals surface area (Å²) in [6, 6.07) is 22.3. The Morgan fingerprint density at radius 2 is 1.63 bits per heavy atom. The van der Waals surface area contributed by atoms with Crippen molar-refractivity contribution in [3.8, 4) is 6.07 Å². The molecule has 0 aliphatic heterocycles. The molecule has 0 aromatic heterocycles. The molecule has 2 aromatic carbocycles. The standard InChI is InChI=1S/C25H34FN.C2H3N/c1-19(2)27(18-22-8-5-4-6-9-22)20(3)12-13-21-14-16-23(17-15-21)24-10-7-11-25(24)26;1-2-3/h4-6,8-9,14-17,19-20,24-25H,7,10-13,18H2,1-3H3;1H3. The van der Waals surface area contributed by atoms with Crippen LogP contribution in [0.4, 0.5) is 4.39 Å². The highest BCUT2D eigenvalue weighted by Gasteiger charge is 2.28. The Labute approximate surface area is 182 Å². The van der Waals surface area contributed by atoms with Gasteiger partial charge in [-0.3, -0.25) is 4.90 Å². The SMILES string of the molecule is CC#N.CC(C)N(Cc1ccccc1)C(C)CCc1ccc(C2CCCC2F)cc1. The molecule has 1 saturated carbocycles. The van der Waals surface area contributed by atoms with E-state index >= 15 is 0 Å². The molecule has 0 bridgehead atoms. The quantitative estimate of drug-likeness (QED) is 0.468. The molecule has 0 N–H and O–H groups in total. The molecule has 3 heteroatoms. The molecule has 0 saturated heterocycles. The van der Waals surface area contributed by atoms with Crippen molar-refractivity contribution in [2.45, 2.75) is 90.5 Å². The summed E-state index contributed by atoms with van der Waals surface area (Å²) in [5, 5.41) is 7.32. The predicted molar refractivity (Wildman–Crippen MR) is 124 cm³/mol. The second-order valence-electron chi connectivity index (χ2n) is 8.66. The van der Waals surface area contributed by atoms with Crippen LogP contribution in [0.25, 0.3) is 0 Å². The molecule has 1 aliphatic carbocycles. The summed E-state index contributed by atoms with van der Waals surface area (Å²) in [6.07, 6.45) is 4.32. The van der Waals surface area contributed by atoms with Crippen molar-refractivity contribution < 1.29 is 4.39 Å². The van der Waals surface area contributed by atoms with E-state index in [9.17, 15) is 4.39 Å². The summed E-state index contributed by atoms with van der Waals surface area (Å²) in [6.45, 7) is 9.33. The van der Waals surface area contributed by atoms with Gasteiger partial charge in [0.25, 0.3) is 0 Å². The van der Waals surface area contributed by atoms with Gasteiger partial charge in [0.2, 0.25) is 0 Å². The van der Waals surface area contributed by atoms with Crippen LogP contribution in [0.1, 0.15) is 76.0 Å². The molecule has 3 rings (SSSR count). The van der Waals surface area contributed by atoms with Crippen molar-refractivity contribution >= 4 is 0 Å². The molecule has 2 aromatic rings. The van der Waals surface area contributed by atoms with Gasteiger partial charge < -0.3 is 0 Å². The van der Waals surface area contributed by atoms with Gasteiger partial charge in [0, 0.05) is 31.5 Å². The predicted octanol–water partition coefficient (Wildman–Crippen LogP) is 7.05. The van der Waals surface area contributed by atoms with E-state index in [4.69, 9.17) is 5.26 Å². The molecular weight excluding hydrogens is 371 g/mol. The van der Waals surface area contributed by atoms with Gasteiger partial charge in [0.15, 0.2) is 0 Å². The Bertz CT molecular complexity index is 764. The third kappa shape index (κ3) is 7.26. The van der Waals surface area contributed by atoms with Crippen molar-refractivity contribution in [3.05, 3.63) is 71.3 Å². The van der Waals surface area contributed by atoms with E-state index in [1.807, 2.05) is 0 Å². The van der Waals surface area contributed by atoms with Crippen LogP contribution in [0.2, 0.25) is 0 Å². The summed E-state index contributed by atoms with van der Waals surface area (Å²) in [7, 11) is 0. The van der Waals surface area contributed by atoms with Crippen LogP contribution < -0.4 is 0 Å². The first-order chi connectivity index (χ1) is 14.5. The van der Waals surface area contributed by atoms with Crippen molar-refractivity contribution in [2.75, 3.05) is 0 Å². The molecule has 0 amide bonds. The Morgan fingerprint density at radius 3 is 2.17 bits per heavy atom. The number of nitriles is 1. The first-order valence-corrected chi connectivity index (χ1v) is 11.3. The fraction of sp³-hybridized carbons (Fsp3) is 0.519. The van der Waals surface area contributed by atoms with E-state index in [0.29, 0.717) is 12.1 Å². The minimum atomic E-state index is -0.645. The van der Waals surface area contributed by atoms with Crippen LogP contribution in [-0.4, -0.2) is 23.2 Å². The van der Waals surface area contributed by atoms with Gasteiger partial charge >= 0.3 is 0 Å². The molecule has 0 radical (unpaired) electrons. The zero-order valence-electron chi connectivity index (χ0n) is 19.0. The summed E-state index contributed by atoms with van der Waals surface area (Å²) in [5.74, 6) is 0.125. The summed E-state index contributed by atoms with van der Waals surface area (Å²) >= 11 is 0. The lowest BCUT2D eigenvalue weighted by Gasteiger charge is -2.33. The van der Waals surface area contributed by atoms with Crippen LogP contribution >= 0.6 is 0 Å². The Hall–Kier alpha value is -2.18. The number of hydrogen-bond acceptors (Lipinski definition) is 2. The second kappa shape index (κ2) is 12.5. The number of halogens is 1. The lowest BCUT2D eigenvalue weighted by atomic mass is 9.94. The number of hydrogen-bond donors (Lipinski definition) is 0. The van der Waals surface area contributed by atoms with Crippen molar-refractivity contribution in [3.63, 3.8) is 0 Å². The van der Waals surface area contributed by atoms with Crippen molar-refractivity contribution in [1.82, 2.24) is 4.90 Å². The zero-order chi connectivity index (χ0) is 21.9. The highest BCUT2D eigenvalue weighted by Crippen LogP contribution is 2.36. The lowest BCUT2D eigenvalue weighted by Crippen LogP contribution is -2.38. The second-order valence-corrected chi connectivity index (χ2v) is 8.66. The number of alkyl halides is 1.